The lowest BCUT2D eigenvalue weighted by Crippen LogP contribution is -2.25. The smallest absolute Gasteiger partial charge is 0.245 e. The summed E-state index contributed by atoms with van der Waals surface area (Å²) in [6.07, 6.45) is 2.61. The first-order chi connectivity index (χ1) is 9.10. The summed E-state index contributed by atoms with van der Waals surface area (Å²) < 4.78 is 0. The Kier molecular flexibility index (Phi) is 3.15. The van der Waals surface area contributed by atoms with Gasteiger partial charge in [0.05, 0.1) is 10.7 Å². The number of carbonyl (C=O) groups excluding carboxylic acids is 1. The number of nitrogens with one attached hydrogen (secondary N) is 1. The van der Waals surface area contributed by atoms with Crippen LogP contribution in [-0.4, -0.2) is 19.0 Å². The van der Waals surface area contributed by atoms with E-state index in [4.69, 9.17) is 17.3 Å². The van der Waals surface area contributed by atoms with Gasteiger partial charge < -0.3 is 16.0 Å². The number of hydrogen-bond acceptors (Lipinski definition) is 3. The molecule has 0 spiro atoms. The summed E-state index contributed by atoms with van der Waals surface area (Å²) >= 11 is 6.36. The van der Waals surface area contributed by atoms with Crippen LogP contribution in [-0.2, 0) is 4.79 Å². The Morgan fingerprint density at radius 1 is 1.47 bits per heavy atom. The molecule has 1 unspecified atom stereocenters. The number of rotatable bonds is 4. The van der Waals surface area contributed by atoms with Crippen LogP contribution in [0.15, 0.2) is 12.1 Å². The Hall–Kier alpha value is -1.26. The molecule has 19 heavy (non-hydrogen) atoms. The number of anilines is 2. The molecule has 1 atom stereocenters. The molecule has 3 N–H and O–H groups in total. The third-order valence-corrected chi connectivity index (χ3v) is 4.20. The maximum atomic E-state index is 11.6. The van der Waals surface area contributed by atoms with Crippen LogP contribution in [0.4, 0.5) is 11.4 Å². The number of carbonyl (C=O) groups is 1. The zero-order chi connectivity index (χ0) is 13.6. The van der Waals surface area contributed by atoms with Crippen molar-refractivity contribution in [1.82, 2.24) is 0 Å². The average molecular weight is 280 g/mol. The second-order valence-corrected chi connectivity index (χ2v) is 5.75. The van der Waals surface area contributed by atoms with E-state index in [1.165, 1.54) is 12.8 Å². The van der Waals surface area contributed by atoms with Crippen LogP contribution in [0, 0.1) is 5.92 Å². The molecule has 1 aliphatic carbocycles. The van der Waals surface area contributed by atoms with Crippen molar-refractivity contribution in [2.45, 2.75) is 25.8 Å². The van der Waals surface area contributed by atoms with Crippen molar-refractivity contribution < 1.29 is 4.79 Å². The monoisotopic (exact) mass is 279 g/mol. The molecule has 1 fully saturated rings. The molecule has 1 aliphatic heterocycles. The molecule has 0 saturated heterocycles. The molecular formula is C14H18ClN3O. The fourth-order valence-corrected chi connectivity index (χ4v) is 2.84. The van der Waals surface area contributed by atoms with Crippen LogP contribution < -0.4 is 16.0 Å². The minimum absolute atomic E-state index is 0.159. The van der Waals surface area contributed by atoms with E-state index in [9.17, 15) is 4.79 Å². The lowest BCUT2D eigenvalue weighted by atomic mass is 10.1. The highest BCUT2D eigenvalue weighted by atomic mass is 35.5. The lowest BCUT2D eigenvalue weighted by Gasteiger charge is -2.25. The van der Waals surface area contributed by atoms with Gasteiger partial charge in [-0.2, -0.15) is 0 Å². The summed E-state index contributed by atoms with van der Waals surface area (Å²) in [6.45, 7) is 4.07. The van der Waals surface area contributed by atoms with Crippen molar-refractivity contribution in [3.8, 4) is 0 Å². The van der Waals surface area contributed by atoms with Crippen molar-refractivity contribution in [2.75, 3.05) is 23.3 Å². The summed E-state index contributed by atoms with van der Waals surface area (Å²) in [5.41, 5.74) is 8.40. The lowest BCUT2D eigenvalue weighted by molar-refractivity contribution is -0.116. The third-order valence-electron chi connectivity index (χ3n) is 3.89. The molecule has 2 aliphatic rings. The van der Waals surface area contributed by atoms with Crippen molar-refractivity contribution in [1.29, 1.82) is 0 Å². The highest BCUT2D eigenvalue weighted by Crippen LogP contribution is 2.39. The quantitative estimate of drug-likeness (QED) is 0.890. The maximum absolute atomic E-state index is 11.6. The van der Waals surface area contributed by atoms with E-state index >= 15 is 0 Å². The van der Waals surface area contributed by atoms with Crippen molar-refractivity contribution >= 4 is 28.9 Å². The van der Waals surface area contributed by atoms with E-state index in [1.54, 1.807) is 0 Å². The van der Waals surface area contributed by atoms with Gasteiger partial charge in [0.1, 0.15) is 6.04 Å². The number of amides is 1. The van der Waals surface area contributed by atoms with E-state index in [-0.39, 0.29) is 5.91 Å². The Bertz CT molecular complexity index is 528. The van der Waals surface area contributed by atoms with Gasteiger partial charge in [0.15, 0.2) is 0 Å². The fourth-order valence-electron chi connectivity index (χ4n) is 2.55. The van der Waals surface area contributed by atoms with Gasteiger partial charge in [0, 0.05) is 24.3 Å². The van der Waals surface area contributed by atoms with Gasteiger partial charge in [-0.05, 0) is 37.8 Å². The third kappa shape index (κ3) is 2.30. The van der Waals surface area contributed by atoms with Crippen molar-refractivity contribution in [3.63, 3.8) is 0 Å². The first-order valence-electron chi connectivity index (χ1n) is 6.75. The van der Waals surface area contributed by atoms with Gasteiger partial charge in [-0.25, -0.2) is 0 Å². The molecule has 0 bridgehead atoms. The Balaban J connectivity index is 1.93. The molecule has 1 aromatic carbocycles. The van der Waals surface area contributed by atoms with Crippen LogP contribution >= 0.6 is 11.6 Å². The van der Waals surface area contributed by atoms with Gasteiger partial charge >= 0.3 is 0 Å². The molecule has 3 rings (SSSR count). The molecule has 1 amide bonds. The highest BCUT2D eigenvalue weighted by Gasteiger charge is 2.30. The first kappa shape index (κ1) is 12.8. The fraction of sp³-hybridized carbons (Fsp3) is 0.500. The Morgan fingerprint density at radius 2 is 2.21 bits per heavy atom. The standard InChI is InChI=1S/C14H18ClN3O/c1-2-18(7-8-3-4-8)12-6-11-9(5-10(12)15)13(16)14(19)17-11/h5-6,8,13H,2-4,7,16H2,1H3,(H,17,19). The van der Waals surface area contributed by atoms with Gasteiger partial charge in [-0.15, -0.1) is 0 Å². The minimum Gasteiger partial charge on any atom is -0.370 e. The zero-order valence-corrected chi connectivity index (χ0v) is 11.7. The van der Waals surface area contributed by atoms with E-state index in [1.807, 2.05) is 12.1 Å². The van der Waals surface area contributed by atoms with Crippen LogP contribution in [0.25, 0.3) is 0 Å². The van der Waals surface area contributed by atoms with Gasteiger partial charge in [-0.1, -0.05) is 11.6 Å². The second kappa shape index (κ2) is 4.69. The SMILES string of the molecule is CCN(CC1CC1)c1cc2c(cc1Cl)C(N)C(=O)N2. The van der Waals surface area contributed by atoms with E-state index in [2.05, 4.69) is 17.1 Å². The van der Waals surface area contributed by atoms with Crippen LogP contribution in [0.2, 0.25) is 5.02 Å². The number of nitrogens with zero attached hydrogens (tertiary/aromatic N) is 1. The molecular weight excluding hydrogens is 262 g/mol. The molecule has 0 aromatic heterocycles. The number of benzene rings is 1. The molecule has 1 aromatic rings. The van der Waals surface area contributed by atoms with Crippen molar-refractivity contribution in [2.24, 2.45) is 11.7 Å². The number of halogens is 1. The molecule has 4 nitrogen and oxygen atoms in total. The maximum Gasteiger partial charge on any atom is 0.245 e. The highest BCUT2D eigenvalue weighted by molar-refractivity contribution is 6.33. The normalized spacial score (nSPS) is 21.2. The predicted octanol–water partition coefficient (Wildman–Crippen LogP) is 2.53. The molecule has 5 heteroatoms. The minimum atomic E-state index is -0.597. The summed E-state index contributed by atoms with van der Waals surface area (Å²) in [5, 5.41) is 3.49. The second-order valence-electron chi connectivity index (χ2n) is 5.34. The molecule has 0 radical (unpaired) electrons. The van der Waals surface area contributed by atoms with Crippen molar-refractivity contribution in [3.05, 3.63) is 22.7 Å². The number of hydrogen-bond donors (Lipinski definition) is 2. The van der Waals surface area contributed by atoms with Gasteiger partial charge in [-0.3, -0.25) is 4.79 Å². The summed E-state index contributed by atoms with van der Waals surface area (Å²) in [7, 11) is 0. The number of nitrogens with two attached hydrogens (primary N) is 1. The predicted molar refractivity (Wildman–Crippen MR) is 77.6 cm³/mol. The Labute approximate surface area is 117 Å². The summed E-state index contributed by atoms with van der Waals surface area (Å²) in [4.78, 5) is 13.9. The van der Waals surface area contributed by atoms with Gasteiger partial charge in [0.25, 0.3) is 0 Å². The van der Waals surface area contributed by atoms with E-state index in [0.29, 0.717) is 5.02 Å². The molecule has 102 valence electrons. The number of fused-ring (bicyclic) bond motifs is 1. The molecule has 1 heterocycles. The van der Waals surface area contributed by atoms with Crippen LogP contribution in [0.1, 0.15) is 31.4 Å². The summed E-state index contributed by atoms with van der Waals surface area (Å²) in [5.74, 6) is 0.634. The largest absolute Gasteiger partial charge is 0.370 e. The topological polar surface area (TPSA) is 58.4 Å². The van der Waals surface area contributed by atoms with Crippen LogP contribution in [0.3, 0.4) is 0 Å². The van der Waals surface area contributed by atoms with E-state index in [0.717, 1.165) is 35.9 Å². The average Bonchev–Trinajstić information content (AvgIpc) is 3.16. The first-order valence-corrected chi connectivity index (χ1v) is 7.12. The van der Waals surface area contributed by atoms with E-state index < -0.39 is 6.04 Å². The van der Waals surface area contributed by atoms with Crippen LogP contribution in [0.5, 0.6) is 0 Å². The summed E-state index contributed by atoms with van der Waals surface area (Å²) in [6, 6.07) is 3.18. The van der Waals surface area contributed by atoms with Gasteiger partial charge in [0.2, 0.25) is 5.91 Å². The Morgan fingerprint density at radius 3 is 2.84 bits per heavy atom. The molecule has 1 saturated carbocycles. The zero-order valence-electron chi connectivity index (χ0n) is 10.9.